The molecule has 7 heteroatoms. The van der Waals surface area contributed by atoms with E-state index in [0.29, 0.717) is 12.5 Å². The monoisotopic (exact) mass is 441 g/mol. The largest absolute Gasteiger partial charge is 0.497 e. The number of anilines is 1. The quantitative estimate of drug-likeness (QED) is 0.424. The topological polar surface area (TPSA) is 78.1 Å². The summed E-state index contributed by atoms with van der Waals surface area (Å²) in [6, 6.07) is 13.4. The molecule has 1 aliphatic heterocycles. The highest BCUT2D eigenvalue weighted by Crippen LogP contribution is 2.32. The molecule has 0 amide bonds. The Labute approximate surface area is 158 Å². The van der Waals surface area contributed by atoms with E-state index in [-0.39, 0.29) is 30.8 Å². The summed E-state index contributed by atoms with van der Waals surface area (Å²) in [6.07, 6.45) is 0.775. The maximum absolute atomic E-state index is 5.90. The van der Waals surface area contributed by atoms with E-state index in [2.05, 4.69) is 10.3 Å². The molecule has 1 heterocycles. The number of hydrogen-bond acceptors (Lipinski definition) is 4. The third-order valence-corrected chi connectivity index (χ3v) is 3.46. The van der Waals surface area contributed by atoms with Gasteiger partial charge in [0.05, 0.1) is 7.11 Å². The SMILES string of the molecule is COc1cccc(NC(N)=NCCc2ccc3c(c2)OCO3)c1.I. The first-order chi connectivity index (χ1) is 11.2. The number of nitrogens with one attached hydrogen (secondary N) is 1. The average Bonchev–Trinajstić information content (AvgIpc) is 3.02. The molecule has 0 saturated heterocycles. The van der Waals surface area contributed by atoms with Crippen LogP contribution in [0.25, 0.3) is 0 Å². The molecule has 0 atom stereocenters. The molecule has 3 rings (SSSR count). The van der Waals surface area contributed by atoms with Crippen LogP contribution in [0.15, 0.2) is 47.5 Å². The van der Waals surface area contributed by atoms with E-state index in [9.17, 15) is 0 Å². The summed E-state index contributed by atoms with van der Waals surface area (Å²) in [4.78, 5) is 4.33. The van der Waals surface area contributed by atoms with Crippen LogP contribution in [-0.4, -0.2) is 26.4 Å². The molecule has 3 N–H and O–H groups in total. The molecular formula is C17H20IN3O3. The second kappa shape index (κ2) is 8.62. The van der Waals surface area contributed by atoms with Gasteiger partial charge in [-0.3, -0.25) is 4.99 Å². The number of halogens is 1. The van der Waals surface area contributed by atoms with Gasteiger partial charge in [0.15, 0.2) is 17.5 Å². The Kier molecular flexibility index (Phi) is 6.53. The normalized spacial score (nSPS) is 12.5. The fourth-order valence-electron chi connectivity index (χ4n) is 2.29. The van der Waals surface area contributed by atoms with Gasteiger partial charge in [0.25, 0.3) is 0 Å². The highest BCUT2D eigenvalue weighted by molar-refractivity contribution is 14.0. The van der Waals surface area contributed by atoms with Crippen LogP contribution in [0.2, 0.25) is 0 Å². The van der Waals surface area contributed by atoms with Crippen LogP contribution in [0.1, 0.15) is 5.56 Å². The molecule has 0 saturated carbocycles. The molecule has 6 nitrogen and oxygen atoms in total. The van der Waals surface area contributed by atoms with Crippen LogP contribution in [0, 0.1) is 0 Å². The minimum Gasteiger partial charge on any atom is -0.497 e. The highest BCUT2D eigenvalue weighted by Gasteiger charge is 2.12. The molecule has 2 aromatic rings. The van der Waals surface area contributed by atoms with Crippen molar-refractivity contribution >= 4 is 35.6 Å². The van der Waals surface area contributed by atoms with Crippen molar-refractivity contribution in [3.05, 3.63) is 48.0 Å². The molecule has 0 aromatic heterocycles. The molecule has 0 radical (unpaired) electrons. The van der Waals surface area contributed by atoms with Crippen molar-refractivity contribution in [2.24, 2.45) is 10.7 Å². The molecule has 1 aliphatic rings. The molecule has 0 bridgehead atoms. The van der Waals surface area contributed by atoms with Crippen LogP contribution in [0.5, 0.6) is 17.2 Å². The Morgan fingerprint density at radius 2 is 2.04 bits per heavy atom. The Hall–Kier alpha value is -2.16. The lowest BCUT2D eigenvalue weighted by molar-refractivity contribution is 0.174. The van der Waals surface area contributed by atoms with E-state index in [4.69, 9.17) is 19.9 Å². The van der Waals surface area contributed by atoms with Gasteiger partial charge in [0.2, 0.25) is 6.79 Å². The number of hydrogen-bond donors (Lipinski definition) is 2. The molecule has 128 valence electrons. The van der Waals surface area contributed by atoms with Crippen LogP contribution in [0.4, 0.5) is 5.69 Å². The number of methoxy groups -OCH3 is 1. The summed E-state index contributed by atoms with van der Waals surface area (Å²) in [5.74, 6) is 2.72. The van der Waals surface area contributed by atoms with Crippen molar-refractivity contribution in [3.63, 3.8) is 0 Å². The van der Waals surface area contributed by atoms with Crippen molar-refractivity contribution < 1.29 is 14.2 Å². The minimum atomic E-state index is 0. The number of ether oxygens (including phenoxy) is 3. The van der Waals surface area contributed by atoms with Gasteiger partial charge >= 0.3 is 0 Å². The zero-order valence-electron chi connectivity index (χ0n) is 13.3. The first kappa shape index (κ1) is 18.2. The van der Waals surface area contributed by atoms with Gasteiger partial charge in [-0.1, -0.05) is 12.1 Å². The zero-order chi connectivity index (χ0) is 16.1. The summed E-state index contributed by atoms with van der Waals surface area (Å²) in [7, 11) is 1.63. The maximum atomic E-state index is 5.90. The van der Waals surface area contributed by atoms with Gasteiger partial charge in [0.1, 0.15) is 5.75 Å². The second-order valence-corrected chi connectivity index (χ2v) is 5.06. The third kappa shape index (κ3) is 4.67. The van der Waals surface area contributed by atoms with Crippen molar-refractivity contribution in [1.29, 1.82) is 0 Å². The Morgan fingerprint density at radius 1 is 1.21 bits per heavy atom. The van der Waals surface area contributed by atoms with E-state index >= 15 is 0 Å². The Morgan fingerprint density at radius 3 is 2.88 bits per heavy atom. The number of guanidine groups is 1. The number of fused-ring (bicyclic) bond motifs is 1. The Bertz CT molecular complexity index is 722. The lowest BCUT2D eigenvalue weighted by Crippen LogP contribution is -2.23. The van der Waals surface area contributed by atoms with Gasteiger partial charge in [-0.15, -0.1) is 24.0 Å². The summed E-state index contributed by atoms with van der Waals surface area (Å²) >= 11 is 0. The van der Waals surface area contributed by atoms with E-state index in [1.807, 2.05) is 42.5 Å². The lowest BCUT2D eigenvalue weighted by Gasteiger charge is -2.07. The van der Waals surface area contributed by atoms with Gasteiger partial charge in [0, 0.05) is 18.3 Å². The van der Waals surface area contributed by atoms with Gasteiger partial charge in [-0.05, 0) is 36.2 Å². The van der Waals surface area contributed by atoms with Crippen LogP contribution < -0.4 is 25.3 Å². The number of nitrogens with zero attached hydrogens (tertiary/aromatic N) is 1. The summed E-state index contributed by atoms with van der Waals surface area (Å²) < 4.78 is 15.8. The number of aliphatic imine (C=N–C) groups is 1. The summed E-state index contributed by atoms with van der Waals surface area (Å²) in [6.45, 7) is 0.872. The van der Waals surface area contributed by atoms with E-state index in [1.165, 1.54) is 0 Å². The zero-order valence-corrected chi connectivity index (χ0v) is 15.7. The van der Waals surface area contributed by atoms with Gasteiger partial charge in [-0.25, -0.2) is 0 Å². The standard InChI is InChI=1S/C17H19N3O3.HI/c1-21-14-4-2-3-13(10-14)20-17(18)19-8-7-12-5-6-15-16(9-12)23-11-22-15;/h2-6,9-10H,7-8,11H2,1H3,(H3,18,19,20);1H. The van der Waals surface area contributed by atoms with Crippen LogP contribution >= 0.6 is 24.0 Å². The lowest BCUT2D eigenvalue weighted by atomic mass is 10.1. The van der Waals surface area contributed by atoms with Gasteiger partial charge in [-0.2, -0.15) is 0 Å². The summed E-state index contributed by atoms with van der Waals surface area (Å²) in [5, 5.41) is 3.05. The number of nitrogens with two attached hydrogens (primary N) is 1. The predicted octanol–water partition coefficient (Wildman–Crippen LogP) is 3.01. The van der Waals surface area contributed by atoms with E-state index in [0.717, 1.165) is 34.9 Å². The van der Waals surface area contributed by atoms with Crippen LogP contribution in [0.3, 0.4) is 0 Å². The van der Waals surface area contributed by atoms with Crippen molar-refractivity contribution in [2.45, 2.75) is 6.42 Å². The van der Waals surface area contributed by atoms with Gasteiger partial charge < -0.3 is 25.3 Å². The molecule has 0 spiro atoms. The number of benzene rings is 2. The smallest absolute Gasteiger partial charge is 0.231 e. The predicted molar refractivity (Wildman–Crippen MR) is 105 cm³/mol. The third-order valence-electron chi connectivity index (χ3n) is 3.46. The molecule has 0 unspecified atom stereocenters. The minimum absolute atomic E-state index is 0. The second-order valence-electron chi connectivity index (χ2n) is 5.06. The van der Waals surface area contributed by atoms with Crippen molar-refractivity contribution in [2.75, 3.05) is 25.8 Å². The van der Waals surface area contributed by atoms with Crippen molar-refractivity contribution in [3.8, 4) is 17.2 Å². The average molecular weight is 441 g/mol. The molecule has 2 aromatic carbocycles. The molecule has 0 aliphatic carbocycles. The fourth-order valence-corrected chi connectivity index (χ4v) is 2.29. The summed E-state index contributed by atoms with van der Waals surface area (Å²) in [5.41, 5.74) is 7.88. The Balaban J connectivity index is 0.00000208. The first-order valence-corrected chi connectivity index (χ1v) is 7.34. The maximum Gasteiger partial charge on any atom is 0.231 e. The molecule has 24 heavy (non-hydrogen) atoms. The van der Waals surface area contributed by atoms with E-state index in [1.54, 1.807) is 7.11 Å². The van der Waals surface area contributed by atoms with Crippen LogP contribution in [-0.2, 0) is 6.42 Å². The molecular weight excluding hydrogens is 421 g/mol. The highest BCUT2D eigenvalue weighted by atomic mass is 127. The van der Waals surface area contributed by atoms with E-state index < -0.39 is 0 Å². The van der Waals surface area contributed by atoms with Crippen molar-refractivity contribution in [1.82, 2.24) is 0 Å². The fraction of sp³-hybridized carbons (Fsp3) is 0.235. The molecule has 0 fully saturated rings. The first-order valence-electron chi connectivity index (χ1n) is 7.34. The number of rotatable bonds is 5.